The molecule has 10 heteroatoms. The van der Waals surface area contributed by atoms with Crippen LogP contribution in [-0.4, -0.2) is 19.4 Å². The first-order valence-electron chi connectivity index (χ1n) is 6.94. The standard InChI is InChI=1S/C15H12Cl2N4O2S2/c1-8-6-13-12(7-11(8)17)24-15(21-25(13,22)23)20-19-14(18)9-2-4-10(16)5-3-9/h2-7H,1H3,(H2,18,19)(H,20,21). The van der Waals surface area contributed by atoms with Crippen molar-refractivity contribution >= 4 is 56.0 Å². The highest BCUT2D eigenvalue weighted by Crippen LogP contribution is 2.36. The number of hydrogen-bond acceptors (Lipinski definition) is 5. The molecule has 0 fully saturated rings. The third-order valence-corrected chi connectivity index (χ3v) is 6.48. The maximum absolute atomic E-state index is 12.3. The van der Waals surface area contributed by atoms with Crippen molar-refractivity contribution in [2.45, 2.75) is 16.7 Å². The Kier molecular flexibility index (Phi) is 4.97. The second kappa shape index (κ2) is 6.87. The summed E-state index contributed by atoms with van der Waals surface area (Å²) in [6, 6.07) is 9.86. The summed E-state index contributed by atoms with van der Waals surface area (Å²) in [4.78, 5) is 0.605. The maximum atomic E-state index is 12.3. The summed E-state index contributed by atoms with van der Waals surface area (Å²) in [6.07, 6.45) is 0. The van der Waals surface area contributed by atoms with Gasteiger partial charge in [-0.2, -0.15) is 13.5 Å². The summed E-state index contributed by atoms with van der Waals surface area (Å²) in [7, 11) is -3.83. The number of aryl methyl sites for hydroxylation is 1. The molecule has 0 aromatic heterocycles. The zero-order valence-electron chi connectivity index (χ0n) is 12.8. The highest BCUT2D eigenvalue weighted by atomic mass is 35.5. The van der Waals surface area contributed by atoms with E-state index in [1.807, 2.05) is 0 Å². The third kappa shape index (κ3) is 3.92. The predicted octanol–water partition coefficient (Wildman–Crippen LogP) is 3.36. The van der Waals surface area contributed by atoms with E-state index in [-0.39, 0.29) is 15.9 Å². The van der Waals surface area contributed by atoms with Gasteiger partial charge in [0, 0.05) is 20.5 Å². The van der Waals surface area contributed by atoms with Crippen LogP contribution in [0, 0.1) is 6.92 Å². The van der Waals surface area contributed by atoms with Crippen molar-refractivity contribution in [2.24, 2.45) is 15.2 Å². The molecule has 0 radical (unpaired) electrons. The van der Waals surface area contributed by atoms with E-state index in [9.17, 15) is 8.42 Å². The fourth-order valence-electron chi connectivity index (χ4n) is 2.04. The molecule has 2 aromatic rings. The summed E-state index contributed by atoms with van der Waals surface area (Å²) >= 11 is 13.0. The van der Waals surface area contributed by atoms with Crippen LogP contribution >= 0.6 is 35.0 Å². The second-order valence-electron chi connectivity index (χ2n) is 5.14. The predicted molar refractivity (Wildman–Crippen MR) is 102 cm³/mol. The lowest BCUT2D eigenvalue weighted by Crippen LogP contribution is -2.24. The number of nitrogens with one attached hydrogen (secondary N) is 1. The summed E-state index contributed by atoms with van der Waals surface area (Å²) in [5.41, 5.74) is 9.77. The molecule has 0 bridgehead atoms. The van der Waals surface area contributed by atoms with E-state index in [2.05, 4.69) is 14.9 Å². The topological polar surface area (TPSA) is 96.9 Å². The van der Waals surface area contributed by atoms with Gasteiger partial charge >= 0.3 is 0 Å². The molecule has 0 spiro atoms. The van der Waals surface area contributed by atoms with Crippen LogP contribution in [0.2, 0.25) is 10.0 Å². The van der Waals surface area contributed by atoms with Crippen LogP contribution in [0.5, 0.6) is 0 Å². The summed E-state index contributed by atoms with van der Waals surface area (Å²) < 4.78 is 28.4. The molecule has 2 aromatic carbocycles. The highest BCUT2D eigenvalue weighted by Gasteiger charge is 2.27. The Morgan fingerprint density at radius 2 is 1.92 bits per heavy atom. The van der Waals surface area contributed by atoms with E-state index in [4.69, 9.17) is 28.9 Å². The second-order valence-corrected chi connectivity index (χ2v) is 8.58. The zero-order chi connectivity index (χ0) is 18.2. The van der Waals surface area contributed by atoms with E-state index in [0.29, 0.717) is 26.1 Å². The number of fused-ring (bicyclic) bond motifs is 1. The van der Waals surface area contributed by atoms with Gasteiger partial charge in [-0.15, -0.1) is 4.40 Å². The molecule has 0 atom stereocenters. The molecule has 1 heterocycles. The smallest absolute Gasteiger partial charge is 0.285 e. The van der Waals surface area contributed by atoms with Gasteiger partial charge in [0.05, 0.1) is 0 Å². The van der Waals surface area contributed by atoms with Gasteiger partial charge in [-0.3, -0.25) is 5.43 Å². The van der Waals surface area contributed by atoms with Crippen LogP contribution in [0.3, 0.4) is 0 Å². The minimum Gasteiger partial charge on any atom is -0.382 e. The van der Waals surface area contributed by atoms with Crippen LogP contribution < -0.4 is 11.2 Å². The maximum Gasteiger partial charge on any atom is 0.285 e. The van der Waals surface area contributed by atoms with Crippen molar-refractivity contribution in [3.05, 3.63) is 57.6 Å². The lowest BCUT2D eigenvalue weighted by Gasteiger charge is -2.16. The molecule has 130 valence electrons. The van der Waals surface area contributed by atoms with Crippen molar-refractivity contribution in [1.29, 1.82) is 0 Å². The molecule has 0 aliphatic carbocycles. The molecule has 0 amide bonds. The third-order valence-electron chi connectivity index (χ3n) is 3.32. The Labute approximate surface area is 159 Å². The Morgan fingerprint density at radius 3 is 2.60 bits per heavy atom. The van der Waals surface area contributed by atoms with Crippen molar-refractivity contribution in [3.8, 4) is 0 Å². The number of thioether (sulfide) groups is 1. The van der Waals surface area contributed by atoms with Gasteiger partial charge in [0.1, 0.15) is 4.90 Å². The fraction of sp³-hybridized carbons (Fsp3) is 0.0667. The van der Waals surface area contributed by atoms with Crippen LogP contribution in [0.1, 0.15) is 11.1 Å². The number of hydrazone groups is 1. The summed E-state index contributed by atoms with van der Waals surface area (Å²) in [5.74, 6) is 0.171. The fourth-order valence-corrected chi connectivity index (χ4v) is 4.91. The summed E-state index contributed by atoms with van der Waals surface area (Å²) in [6.45, 7) is 1.73. The van der Waals surface area contributed by atoms with Gasteiger partial charge in [0.25, 0.3) is 10.0 Å². The molecular formula is C15H12Cl2N4O2S2. The van der Waals surface area contributed by atoms with E-state index >= 15 is 0 Å². The van der Waals surface area contributed by atoms with E-state index in [0.717, 1.165) is 11.8 Å². The van der Waals surface area contributed by atoms with Gasteiger partial charge in [0.2, 0.25) is 0 Å². The number of hydrogen-bond donors (Lipinski definition) is 2. The number of sulfonamides is 1. The molecule has 6 nitrogen and oxygen atoms in total. The van der Waals surface area contributed by atoms with Gasteiger partial charge in [0.15, 0.2) is 11.0 Å². The molecule has 3 N–H and O–H groups in total. The summed E-state index contributed by atoms with van der Waals surface area (Å²) in [5, 5.41) is 5.12. The lowest BCUT2D eigenvalue weighted by atomic mass is 10.2. The van der Waals surface area contributed by atoms with Gasteiger partial charge in [-0.05, 0) is 60.6 Å². The van der Waals surface area contributed by atoms with Gasteiger partial charge in [-0.25, -0.2) is 0 Å². The quantitative estimate of drug-likeness (QED) is 0.445. The Hall–Kier alpha value is -1.74. The molecule has 0 saturated carbocycles. The van der Waals surface area contributed by atoms with E-state index in [1.54, 1.807) is 37.3 Å². The molecule has 1 aliphatic heterocycles. The Bertz CT molecular complexity index is 1000. The average Bonchev–Trinajstić information content (AvgIpc) is 2.55. The number of rotatable bonds is 2. The minimum absolute atomic E-state index is 0.0873. The minimum atomic E-state index is -3.83. The molecule has 25 heavy (non-hydrogen) atoms. The number of halogens is 2. The number of nitrogens with zero attached hydrogens (tertiary/aromatic N) is 2. The first-order valence-corrected chi connectivity index (χ1v) is 9.95. The molecular weight excluding hydrogens is 403 g/mol. The average molecular weight is 415 g/mol. The number of nitrogens with two attached hydrogens (primary N) is 1. The SMILES string of the molecule is Cc1cc2c(cc1Cl)SC(N/N=C(\N)c1ccc(Cl)cc1)=NS2(=O)=O. The molecule has 0 unspecified atom stereocenters. The van der Waals surface area contributed by atoms with E-state index in [1.165, 1.54) is 6.07 Å². The van der Waals surface area contributed by atoms with Gasteiger partial charge in [-0.1, -0.05) is 23.2 Å². The normalized spacial score (nSPS) is 16.1. The van der Waals surface area contributed by atoms with Crippen molar-refractivity contribution in [3.63, 3.8) is 0 Å². The molecule has 1 aliphatic rings. The van der Waals surface area contributed by atoms with E-state index < -0.39 is 10.0 Å². The number of benzene rings is 2. The monoisotopic (exact) mass is 414 g/mol. The van der Waals surface area contributed by atoms with Crippen LogP contribution in [0.15, 0.2) is 55.7 Å². The zero-order valence-corrected chi connectivity index (χ0v) is 16.0. The molecule has 0 saturated heterocycles. The first kappa shape index (κ1) is 18.1. The first-order chi connectivity index (χ1) is 11.8. The van der Waals surface area contributed by atoms with Crippen molar-refractivity contribution in [1.82, 2.24) is 5.43 Å². The largest absolute Gasteiger partial charge is 0.382 e. The Morgan fingerprint density at radius 1 is 1.24 bits per heavy atom. The van der Waals surface area contributed by atoms with Crippen molar-refractivity contribution in [2.75, 3.05) is 0 Å². The number of amidine groups is 2. The Balaban J connectivity index is 1.87. The molecule has 3 rings (SSSR count). The van der Waals surface area contributed by atoms with Gasteiger partial charge < -0.3 is 5.73 Å². The van der Waals surface area contributed by atoms with Crippen LogP contribution in [0.4, 0.5) is 0 Å². The van der Waals surface area contributed by atoms with Crippen LogP contribution in [-0.2, 0) is 10.0 Å². The highest BCUT2D eigenvalue weighted by molar-refractivity contribution is 8.15. The lowest BCUT2D eigenvalue weighted by molar-refractivity contribution is 0.595. The van der Waals surface area contributed by atoms with Crippen molar-refractivity contribution < 1.29 is 8.42 Å². The van der Waals surface area contributed by atoms with Crippen LogP contribution in [0.25, 0.3) is 0 Å².